The van der Waals surface area contributed by atoms with Crippen LogP contribution in [0.25, 0.3) is 110 Å². The Hall–Kier alpha value is -7.82. The number of para-hydroxylation sites is 3. The molecular weight excluding hydrogens is 705 g/mol. The van der Waals surface area contributed by atoms with Crippen molar-refractivity contribution in [3.05, 3.63) is 206 Å². The Bertz CT molecular complexity index is 3560. The van der Waals surface area contributed by atoms with Gasteiger partial charge in [0.05, 0.1) is 33.5 Å². The van der Waals surface area contributed by atoms with Gasteiger partial charge >= 0.3 is 0 Å². The third-order valence-corrected chi connectivity index (χ3v) is 11.7. The van der Waals surface area contributed by atoms with E-state index in [1.807, 2.05) is 6.07 Å². The van der Waals surface area contributed by atoms with Gasteiger partial charge in [-0.3, -0.25) is 0 Å². The molecule has 58 heavy (non-hydrogen) atoms. The molecule has 0 aliphatic heterocycles. The zero-order valence-electron chi connectivity index (χ0n) is 31.4. The van der Waals surface area contributed by atoms with E-state index in [9.17, 15) is 0 Å². The van der Waals surface area contributed by atoms with E-state index in [-0.39, 0.29) is 0 Å². The number of hydrogen-bond donors (Lipinski definition) is 0. The first-order valence-corrected chi connectivity index (χ1v) is 19.7. The predicted octanol–water partition coefficient (Wildman–Crippen LogP) is 14.0. The van der Waals surface area contributed by atoms with Crippen LogP contribution in [0.3, 0.4) is 0 Å². The largest absolute Gasteiger partial charge is 0.309 e. The Balaban J connectivity index is 1.02. The van der Waals surface area contributed by atoms with E-state index in [2.05, 4.69) is 209 Å². The second kappa shape index (κ2) is 12.9. The highest BCUT2D eigenvalue weighted by Gasteiger charge is 2.21. The molecule has 4 heteroatoms. The van der Waals surface area contributed by atoms with Crippen LogP contribution in [0.4, 0.5) is 0 Å². The number of rotatable bonds is 5. The number of hydrogen-bond acceptors (Lipinski definition) is 2. The summed E-state index contributed by atoms with van der Waals surface area (Å²) in [5.41, 5.74) is 12.0. The summed E-state index contributed by atoms with van der Waals surface area (Å²) in [6, 6.07) is 73.8. The third kappa shape index (κ3) is 5.09. The molecule has 4 nitrogen and oxygen atoms in total. The Morgan fingerprint density at radius 3 is 1.72 bits per heavy atom. The summed E-state index contributed by atoms with van der Waals surface area (Å²) in [6.07, 6.45) is 0. The lowest BCUT2D eigenvalue weighted by molar-refractivity contribution is 1.18. The standard InChI is InChI=1S/C54H34N4/c1-3-14-36(15-4-1)47-34-48(56-54(55-47)41-26-23-35-13-7-8-16-37(35)32-41)40-25-24-39-33-43(28-27-38(39)31-40)57-50-22-12-10-20-46(50)52-51(57)30-29-45-44-19-9-11-21-49(44)58(53(45)52)42-17-5-2-6-18-42/h1-34H. The quantitative estimate of drug-likeness (QED) is 0.176. The number of aromatic nitrogens is 4. The topological polar surface area (TPSA) is 35.6 Å². The van der Waals surface area contributed by atoms with Gasteiger partial charge in [-0.1, -0.05) is 146 Å². The molecule has 12 rings (SSSR count). The fourth-order valence-electron chi connectivity index (χ4n) is 8.97. The molecule has 0 unspecified atom stereocenters. The SMILES string of the molecule is c1ccc(-c2cc(-c3ccc4cc(-n5c6ccccc6c6c5ccc5c7ccccc7n(-c7ccccc7)c56)ccc4c3)nc(-c3ccc4ccccc4c3)n2)cc1. The summed E-state index contributed by atoms with van der Waals surface area (Å²) in [7, 11) is 0. The Morgan fingerprint density at radius 1 is 0.310 bits per heavy atom. The lowest BCUT2D eigenvalue weighted by atomic mass is 10.0. The molecule has 0 bridgehead atoms. The Labute approximate surface area is 334 Å². The second-order valence-corrected chi connectivity index (χ2v) is 15.0. The fourth-order valence-corrected chi connectivity index (χ4v) is 8.97. The van der Waals surface area contributed by atoms with Crippen molar-refractivity contribution in [3.63, 3.8) is 0 Å². The maximum Gasteiger partial charge on any atom is 0.160 e. The number of nitrogens with zero attached hydrogens (tertiary/aromatic N) is 4. The zero-order chi connectivity index (χ0) is 38.2. The van der Waals surface area contributed by atoms with E-state index in [0.29, 0.717) is 5.82 Å². The van der Waals surface area contributed by atoms with Gasteiger partial charge in [-0.05, 0) is 82.2 Å². The maximum absolute atomic E-state index is 5.19. The van der Waals surface area contributed by atoms with Gasteiger partial charge in [0.1, 0.15) is 0 Å². The molecule has 0 radical (unpaired) electrons. The van der Waals surface area contributed by atoms with Crippen molar-refractivity contribution in [2.24, 2.45) is 0 Å². The Morgan fingerprint density at radius 2 is 0.897 bits per heavy atom. The smallest absolute Gasteiger partial charge is 0.160 e. The van der Waals surface area contributed by atoms with E-state index in [0.717, 1.165) is 44.8 Å². The van der Waals surface area contributed by atoms with Gasteiger partial charge in [0.15, 0.2) is 5.82 Å². The molecular formula is C54H34N4. The summed E-state index contributed by atoms with van der Waals surface area (Å²) in [5, 5.41) is 9.68. The fraction of sp³-hybridized carbons (Fsp3) is 0. The molecule has 9 aromatic carbocycles. The van der Waals surface area contributed by atoms with Gasteiger partial charge in [0.2, 0.25) is 0 Å². The van der Waals surface area contributed by atoms with E-state index in [1.165, 1.54) is 59.8 Å². The van der Waals surface area contributed by atoms with Crippen LogP contribution in [0, 0.1) is 0 Å². The third-order valence-electron chi connectivity index (χ3n) is 11.7. The molecule has 0 fully saturated rings. The molecule has 12 aromatic rings. The molecule has 0 saturated heterocycles. The molecule has 0 aliphatic rings. The van der Waals surface area contributed by atoms with Crippen molar-refractivity contribution in [2.45, 2.75) is 0 Å². The normalized spacial score (nSPS) is 11.8. The van der Waals surface area contributed by atoms with Gasteiger partial charge in [0, 0.05) is 49.6 Å². The van der Waals surface area contributed by atoms with E-state index < -0.39 is 0 Å². The van der Waals surface area contributed by atoms with Gasteiger partial charge in [-0.15, -0.1) is 0 Å². The minimum Gasteiger partial charge on any atom is -0.309 e. The summed E-state index contributed by atoms with van der Waals surface area (Å²) in [5.74, 6) is 0.712. The molecule has 3 aromatic heterocycles. The predicted molar refractivity (Wildman–Crippen MR) is 242 cm³/mol. The van der Waals surface area contributed by atoms with Crippen molar-refractivity contribution in [1.29, 1.82) is 0 Å². The maximum atomic E-state index is 5.19. The molecule has 3 heterocycles. The van der Waals surface area contributed by atoms with Crippen LogP contribution in [0.15, 0.2) is 206 Å². The average Bonchev–Trinajstić information content (AvgIpc) is 3.82. The number of fused-ring (bicyclic) bond motifs is 9. The lowest BCUT2D eigenvalue weighted by Gasteiger charge is -2.12. The molecule has 0 saturated carbocycles. The summed E-state index contributed by atoms with van der Waals surface area (Å²) in [6.45, 7) is 0. The van der Waals surface area contributed by atoms with Crippen molar-refractivity contribution in [2.75, 3.05) is 0 Å². The zero-order valence-corrected chi connectivity index (χ0v) is 31.4. The second-order valence-electron chi connectivity index (χ2n) is 15.0. The van der Waals surface area contributed by atoms with Crippen molar-refractivity contribution in [3.8, 4) is 45.3 Å². The van der Waals surface area contributed by atoms with Crippen molar-refractivity contribution >= 4 is 65.2 Å². The molecule has 0 atom stereocenters. The highest BCUT2D eigenvalue weighted by atomic mass is 15.0. The highest BCUT2D eigenvalue weighted by molar-refractivity contribution is 6.26. The van der Waals surface area contributed by atoms with Gasteiger partial charge in [0.25, 0.3) is 0 Å². The monoisotopic (exact) mass is 738 g/mol. The van der Waals surface area contributed by atoms with Crippen LogP contribution in [-0.2, 0) is 0 Å². The van der Waals surface area contributed by atoms with Crippen LogP contribution in [0.1, 0.15) is 0 Å². The van der Waals surface area contributed by atoms with Gasteiger partial charge in [-0.25, -0.2) is 9.97 Å². The van der Waals surface area contributed by atoms with E-state index >= 15 is 0 Å². The summed E-state index contributed by atoms with van der Waals surface area (Å²) >= 11 is 0. The summed E-state index contributed by atoms with van der Waals surface area (Å²) in [4.78, 5) is 10.3. The molecule has 270 valence electrons. The van der Waals surface area contributed by atoms with Gasteiger partial charge < -0.3 is 9.13 Å². The van der Waals surface area contributed by atoms with Gasteiger partial charge in [-0.2, -0.15) is 0 Å². The first-order valence-electron chi connectivity index (χ1n) is 19.7. The first kappa shape index (κ1) is 32.4. The van der Waals surface area contributed by atoms with Crippen LogP contribution in [0.5, 0.6) is 0 Å². The summed E-state index contributed by atoms with van der Waals surface area (Å²) < 4.78 is 4.87. The minimum absolute atomic E-state index is 0.712. The van der Waals surface area contributed by atoms with Crippen molar-refractivity contribution < 1.29 is 0 Å². The van der Waals surface area contributed by atoms with E-state index in [4.69, 9.17) is 9.97 Å². The van der Waals surface area contributed by atoms with Crippen LogP contribution in [0.2, 0.25) is 0 Å². The molecule has 0 spiro atoms. The van der Waals surface area contributed by atoms with Crippen molar-refractivity contribution in [1.82, 2.24) is 19.1 Å². The Kier molecular flexibility index (Phi) is 7.20. The van der Waals surface area contributed by atoms with Crippen LogP contribution in [-0.4, -0.2) is 19.1 Å². The van der Waals surface area contributed by atoms with Crippen LogP contribution >= 0.6 is 0 Å². The molecule has 0 aliphatic carbocycles. The first-order chi connectivity index (χ1) is 28.7. The lowest BCUT2D eigenvalue weighted by Crippen LogP contribution is -1.96. The highest BCUT2D eigenvalue weighted by Crippen LogP contribution is 2.42. The molecule has 0 amide bonds. The number of benzene rings is 9. The average molecular weight is 739 g/mol. The van der Waals surface area contributed by atoms with E-state index in [1.54, 1.807) is 0 Å². The van der Waals surface area contributed by atoms with Crippen LogP contribution < -0.4 is 0 Å². The minimum atomic E-state index is 0.712. The molecule has 0 N–H and O–H groups in total.